The fourth-order valence-corrected chi connectivity index (χ4v) is 2.76. The Morgan fingerprint density at radius 3 is 2.81 bits per heavy atom. The lowest BCUT2D eigenvalue weighted by Crippen LogP contribution is -2.01. The quantitative estimate of drug-likeness (QED) is 0.728. The maximum absolute atomic E-state index is 13.3. The van der Waals surface area contributed by atoms with Gasteiger partial charge in [0.1, 0.15) is 23.3 Å². The molecule has 0 radical (unpaired) electrons. The van der Waals surface area contributed by atoms with E-state index in [0.717, 1.165) is 21.0 Å². The van der Waals surface area contributed by atoms with Crippen LogP contribution in [0.25, 0.3) is 11.0 Å². The molecule has 2 nitrogen and oxygen atoms in total. The minimum absolute atomic E-state index is 0.289. The van der Waals surface area contributed by atoms with E-state index in [1.54, 1.807) is 6.07 Å². The molecule has 4 heteroatoms. The lowest BCUT2D eigenvalue weighted by Gasteiger charge is -2.09. The van der Waals surface area contributed by atoms with Crippen LogP contribution in [-0.2, 0) is 6.42 Å². The molecule has 0 saturated heterocycles. The third-order valence-electron chi connectivity index (χ3n) is 3.44. The van der Waals surface area contributed by atoms with Crippen molar-refractivity contribution in [3.63, 3.8) is 0 Å². The molecule has 0 aliphatic heterocycles. The summed E-state index contributed by atoms with van der Waals surface area (Å²) < 4.78 is 19.7. The van der Waals surface area contributed by atoms with Crippen LogP contribution >= 0.6 is 15.9 Å². The van der Waals surface area contributed by atoms with Crippen LogP contribution in [0.1, 0.15) is 23.0 Å². The molecule has 2 aromatic carbocycles. The monoisotopic (exact) mass is 348 g/mol. The van der Waals surface area contributed by atoms with Crippen molar-refractivity contribution in [1.29, 1.82) is 0 Å². The summed E-state index contributed by atoms with van der Waals surface area (Å²) >= 11 is 3.37. The molecule has 0 bridgehead atoms. The minimum Gasteiger partial charge on any atom is -0.458 e. The van der Waals surface area contributed by atoms with E-state index in [1.807, 2.05) is 31.2 Å². The number of hydrogen-bond donors (Lipinski definition) is 1. The van der Waals surface area contributed by atoms with E-state index < -0.39 is 6.10 Å². The molecule has 0 aliphatic carbocycles. The summed E-state index contributed by atoms with van der Waals surface area (Å²) in [5.41, 5.74) is 2.59. The van der Waals surface area contributed by atoms with Crippen LogP contribution in [0.3, 0.4) is 0 Å². The van der Waals surface area contributed by atoms with Gasteiger partial charge in [0, 0.05) is 16.3 Å². The van der Waals surface area contributed by atoms with Crippen molar-refractivity contribution in [2.24, 2.45) is 0 Å². The number of furan rings is 1. The van der Waals surface area contributed by atoms with Crippen LogP contribution in [0.4, 0.5) is 4.39 Å². The van der Waals surface area contributed by atoms with Crippen LogP contribution in [0.5, 0.6) is 0 Å². The van der Waals surface area contributed by atoms with Gasteiger partial charge in [-0.2, -0.15) is 0 Å². The molecule has 1 aromatic heterocycles. The molecular formula is C17H14BrFO2. The number of halogens is 2. The Hall–Kier alpha value is -1.65. The van der Waals surface area contributed by atoms with Gasteiger partial charge < -0.3 is 9.52 Å². The normalized spacial score (nSPS) is 12.8. The minimum atomic E-state index is -0.809. The Kier molecular flexibility index (Phi) is 3.83. The molecule has 1 unspecified atom stereocenters. The Morgan fingerprint density at radius 1 is 1.19 bits per heavy atom. The second kappa shape index (κ2) is 5.62. The molecular weight excluding hydrogens is 335 g/mol. The van der Waals surface area contributed by atoms with Gasteiger partial charge in [0.15, 0.2) is 0 Å². The molecule has 108 valence electrons. The molecule has 1 atom stereocenters. The van der Waals surface area contributed by atoms with Crippen LogP contribution in [0, 0.1) is 12.7 Å². The summed E-state index contributed by atoms with van der Waals surface area (Å²) in [6.45, 7) is 2.01. The van der Waals surface area contributed by atoms with Crippen LogP contribution < -0.4 is 0 Å². The van der Waals surface area contributed by atoms with Crippen molar-refractivity contribution >= 4 is 26.9 Å². The number of aryl methyl sites for hydroxylation is 1. The molecule has 21 heavy (non-hydrogen) atoms. The van der Waals surface area contributed by atoms with Crippen molar-refractivity contribution in [1.82, 2.24) is 0 Å². The highest BCUT2D eigenvalue weighted by Crippen LogP contribution is 2.29. The van der Waals surface area contributed by atoms with Crippen molar-refractivity contribution in [2.75, 3.05) is 0 Å². The zero-order chi connectivity index (χ0) is 15.0. The highest BCUT2D eigenvalue weighted by Gasteiger charge is 2.16. The molecule has 0 spiro atoms. The molecule has 0 aliphatic rings. The number of aliphatic hydroxyl groups excluding tert-OH is 1. The topological polar surface area (TPSA) is 33.4 Å². The highest BCUT2D eigenvalue weighted by atomic mass is 79.9. The number of rotatable bonds is 3. The Balaban J connectivity index is 1.89. The van der Waals surface area contributed by atoms with Gasteiger partial charge in [-0.25, -0.2) is 4.39 Å². The smallest absolute Gasteiger partial charge is 0.134 e. The van der Waals surface area contributed by atoms with Gasteiger partial charge in [-0.1, -0.05) is 27.6 Å². The molecule has 3 rings (SSSR count). The first kappa shape index (κ1) is 14.3. The molecule has 1 N–H and O–H groups in total. The number of hydrogen-bond acceptors (Lipinski definition) is 2. The van der Waals surface area contributed by atoms with E-state index in [2.05, 4.69) is 15.9 Å². The summed E-state index contributed by atoms with van der Waals surface area (Å²) in [6, 6.07) is 12.1. The number of fused-ring (bicyclic) bond motifs is 1. The van der Waals surface area contributed by atoms with Gasteiger partial charge in [-0.15, -0.1) is 0 Å². The van der Waals surface area contributed by atoms with E-state index in [4.69, 9.17) is 4.42 Å². The van der Waals surface area contributed by atoms with Gasteiger partial charge in [0.05, 0.1) is 0 Å². The standard InChI is InChI=1S/C17H14BrFO2/c1-10-2-5-16-12(6-10)9-17(21-16)15(20)8-11-7-13(19)3-4-14(11)18/h2-7,9,15,20H,8H2,1H3. The van der Waals surface area contributed by atoms with E-state index >= 15 is 0 Å². The summed E-state index contributed by atoms with van der Waals surface area (Å²) in [4.78, 5) is 0. The predicted octanol–water partition coefficient (Wildman–Crippen LogP) is 4.92. The molecule has 0 amide bonds. The van der Waals surface area contributed by atoms with E-state index in [-0.39, 0.29) is 12.2 Å². The van der Waals surface area contributed by atoms with E-state index in [1.165, 1.54) is 12.1 Å². The fourth-order valence-electron chi connectivity index (χ4n) is 2.36. The first-order valence-corrected chi connectivity index (χ1v) is 7.44. The highest BCUT2D eigenvalue weighted by molar-refractivity contribution is 9.10. The van der Waals surface area contributed by atoms with Crippen LogP contribution in [-0.4, -0.2) is 5.11 Å². The first-order chi connectivity index (χ1) is 10.0. The summed E-state index contributed by atoms with van der Waals surface area (Å²) in [6.07, 6.45) is -0.521. The Morgan fingerprint density at radius 2 is 2.00 bits per heavy atom. The molecule has 1 heterocycles. The van der Waals surface area contributed by atoms with Crippen LogP contribution in [0.15, 0.2) is 51.4 Å². The second-order valence-electron chi connectivity index (χ2n) is 5.15. The molecule has 3 aromatic rings. The summed E-state index contributed by atoms with van der Waals surface area (Å²) in [5, 5.41) is 11.3. The van der Waals surface area contributed by atoms with E-state index in [9.17, 15) is 9.50 Å². The average Bonchev–Trinajstić information content (AvgIpc) is 2.86. The molecule has 0 saturated carbocycles. The SMILES string of the molecule is Cc1ccc2oc(C(O)Cc3cc(F)ccc3Br)cc2c1. The first-order valence-electron chi connectivity index (χ1n) is 6.65. The number of benzene rings is 2. The van der Waals surface area contributed by atoms with Gasteiger partial charge in [-0.05, 0) is 48.9 Å². The maximum Gasteiger partial charge on any atom is 0.134 e. The number of aliphatic hydroxyl groups is 1. The van der Waals surface area contributed by atoms with Crippen molar-refractivity contribution in [2.45, 2.75) is 19.4 Å². The van der Waals surface area contributed by atoms with Crippen molar-refractivity contribution in [3.05, 3.63) is 69.6 Å². The summed E-state index contributed by atoms with van der Waals surface area (Å²) in [5.74, 6) is 0.174. The lowest BCUT2D eigenvalue weighted by atomic mass is 10.1. The zero-order valence-electron chi connectivity index (χ0n) is 11.4. The van der Waals surface area contributed by atoms with Crippen LogP contribution in [0.2, 0.25) is 0 Å². The van der Waals surface area contributed by atoms with Crippen molar-refractivity contribution < 1.29 is 13.9 Å². The van der Waals surface area contributed by atoms with E-state index in [0.29, 0.717) is 11.3 Å². The zero-order valence-corrected chi connectivity index (χ0v) is 13.0. The van der Waals surface area contributed by atoms with Gasteiger partial charge in [0.25, 0.3) is 0 Å². The van der Waals surface area contributed by atoms with Gasteiger partial charge in [-0.3, -0.25) is 0 Å². The summed E-state index contributed by atoms with van der Waals surface area (Å²) in [7, 11) is 0. The third kappa shape index (κ3) is 3.01. The largest absolute Gasteiger partial charge is 0.458 e. The molecule has 0 fully saturated rings. The maximum atomic E-state index is 13.3. The third-order valence-corrected chi connectivity index (χ3v) is 4.21. The Labute approximate surface area is 130 Å². The average molecular weight is 349 g/mol. The Bertz CT molecular complexity index is 795. The lowest BCUT2D eigenvalue weighted by molar-refractivity contribution is 0.152. The fraction of sp³-hybridized carbons (Fsp3) is 0.176. The van der Waals surface area contributed by atoms with Gasteiger partial charge >= 0.3 is 0 Å². The predicted molar refractivity (Wildman–Crippen MR) is 83.7 cm³/mol. The van der Waals surface area contributed by atoms with Gasteiger partial charge in [0.2, 0.25) is 0 Å². The van der Waals surface area contributed by atoms with Crippen molar-refractivity contribution in [3.8, 4) is 0 Å². The second-order valence-corrected chi connectivity index (χ2v) is 6.00.